The van der Waals surface area contributed by atoms with E-state index in [2.05, 4.69) is 10.3 Å². The molecule has 164 valence electrons. The molecular weight excluding hydrogens is 418 g/mol. The van der Waals surface area contributed by atoms with Crippen molar-refractivity contribution >= 4 is 21.6 Å². The first kappa shape index (κ1) is 20.3. The topological polar surface area (TPSA) is 97.8 Å². The lowest BCUT2D eigenvalue weighted by Gasteiger charge is -2.30. The maximum atomic E-state index is 12.8. The number of rotatable bonds is 4. The van der Waals surface area contributed by atoms with Gasteiger partial charge < -0.3 is 14.8 Å². The number of benzene rings is 1. The van der Waals surface area contributed by atoms with Crippen LogP contribution in [-0.2, 0) is 14.8 Å². The Morgan fingerprint density at radius 2 is 1.84 bits per heavy atom. The molecule has 0 bridgehead atoms. The molecule has 1 N–H and O–H groups in total. The molecule has 1 saturated heterocycles. The van der Waals surface area contributed by atoms with Gasteiger partial charge in [-0.25, -0.2) is 8.42 Å². The number of nitrogens with one attached hydrogen (secondary N) is 1. The molecule has 2 fully saturated rings. The van der Waals surface area contributed by atoms with Crippen molar-refractivity contribution in [1.29, 1.82) is 0 Å². The van der Waals surface area contributed by atoms with Crippen LogP contribution in [0.1, 0.15) is 38.5 Å². The average molecular weight is 444 g/mol. The molecule has 8 nitrogen and oxygen atoms in total. The Hall–Kier alpha value is -2.65. The van der Waals surface area contributed by atoms with Gasteiger partial charge in [0.1, 0.15) is 4.90 Å². The number of carbonyl (C=O) groups is 1. The number of pyridine rings is 1. The lowest BCUT2D eigenvalue weighted by molar-refractivity contribution is -0.120. The van der Waals surface area contributed by atoms with Gasteiger partial charge in [-0.15, -0.1) is 0 Å². The van der Waals surface area contributed by atoms with E-state index in [0.29, 0.717) is 43.1 Å². The van der Waals surface area contributed by atoms with Crippen LogP contribution in [0.4, 0.5) is 5.69 Å². The van der Waals surface area contributed by atoms with Gasteiger partial charge in [-0.05, 0) is 49.9 Å². The van der Waals surface area contributed by atoms with E-state index < -0.39 is 15.8 Å². The van der Waals surface area contributed by atoms with E-state index in [1.807, 2.05) is 18.2 Å². The average Bonchev–Trinajstić information content (AvgIpc) is 3.39. The zero-order valence-electron chi connectivity index (χ0n) is 17.1. The first-order chi connectivity index (χ1) is 15.0. The van der Waals surface area contributed by atoms with Gasteiger partial charge in [-0.1, -0.05) is 0 Å². The van der Waals surface area contributed by atoms with Gasteiger partial charge in [0.25, 0.3) is 5.79 Å². The fourth-order valence-electron chi connectivity index (χ4n) is 4.54. The number of piperidine rings is 1. The van der Waals surface area contributed by atoms with Gasteiger partial charge in [0.15, 0.2) is 11.5 Å². The van der Waals surface area contributed by atoms with E-state index in [0.717, 1.165) is 25.7 Å². The molecule has 3 aliphatic rings. The maximum Gasteiger partial charge on any atom is 0.251 e. The van der Waals surface area contributed by atoms with Crippen molar-refractivity contribution in [3.8, 4) is 11.5 Å². The van der Waals surface area contributed by atoms with Crippen molar-refractivity contribution < 1.29 is 22.7 Å². The molecule has 1 aromatic heterocycles. The molecule has 1 saturated carbocycles. The predicted octanol–water partition coefficient (Wildman–Crippen LogP) is 3.16. The Morgan fingerprint density at radius 3 is 2.55 bits per heavy atom. The lowest BCUT2D eigenvalue weighted by atomic mass is 9.97. The highest BCUT2D eigenvalue weighted by Crippen LogP contribution is 2.47. The zero-order valence-corrected chi connectivity index (χ0v) is 17.9. The van der Waals surface area contributed by atoms with Crippen molar-refractivity contribution in [2.75, 3.05) is 18.4 Å². The fourth-order valence-corrected chi connectivity index (χ4v) is 5.98. The van der Waals surface area contributed by atoms with Crippen LogP contribution in [0.15, 0.2) is 47.6 Å². The number of anilines is 1. The van der Waals surface area contributed by atoms with Crippen LogP contribution in [0.25, 0.3) is 0 Å². The summed E-state index contributed by atoms with van der Waals surface area (Å²) in [4.78, 5) is 16.9. The number of hydrogen-bond acceptors (Lipinski definition) is 6. The Kier molecular flexibility index (Phi) is 5.10. The Morgan fingerprint density at radius 1 is 1.10 bits per heavy atom. The Labute approximate surface area is 181 Å². The van der Waals surface area contributed by atoms with E-state index in [9.17, 15) is 13.2 Å². The minimum absolute atomic E-state index is 0.104. The number of aromatic nitrogens is 1. The molecule has 2 aromatic rings. The molecule has 31 heavy (non-hydrogen) atoms. The van der Waals surface area contributed by atoms with E-state index in [1.165, 1.54) is 16.6 Å². The van der Waals surface area contributed by atoms with Gasteiger partial charge in [0.05, 0.1) is 0 Å². The summed E-state index contributed by atoms with van der Waals surface area (Å²) in [7, 11) is -3.58. The molecule has 1 amide bonds. The molecule has 5 rings (SSSR count). The van der Waals surface area contributed by atoms with Crippen molar-refractivity contribution in [2.24, 2.45) is 5.92 Å². The largest absolute Gasteiger partial charge is 0.448 e. The predicted molar refractivity (Wildman–Crippen MR) is 113 cm³/mol. The molecule has 3 heterocycles. The van der Waals surface area contributed by atoms with E-state index in [4.69, 9.17) is 9.47 Å². The summed E-state index contributed by atoms with van der Waals surface area (Å²) >= 11 is 0. The molecule has 0 radical (unpaired) electrons. The smallest absolute Gasteiger partial charge is 0.251 e. The van der Waals surface area contributed by atoms with Crippen LogP contribution < -0.4 is 14.8 Å². The third kappa shape index (κ3) is 3.87. The second kappa shape index (κ2) is 7.80. The summed E-state index contributed by atoms with van der Waals surface area (Å²) in [6.07, 6.45) is 7.77. The monoisotopic (exact) mass is 443 g/mol. The normalized spacial score (nSPS) is 20.8. The van der Waals surface area contributed by atoms with E-state index >= 15 is 0 Å². The molecule has 2 aliphatic heterocycles. The van der Waals surface area contributed by atoms with E-state index in [-0.39, 0.29) is 16.7 Å². The van der Waals surface area contributed by atoms with Crippen LogP contribution in [0.3, 0.4) is 0 Å². The second-order valence-electron chi connectivity index (χ2n) is 8.34. The number of nitrogens with zero attached hydrogens (tertiary/aromatic N) is 2. The summed E-state index contributed by atoms with van der Waals surface area (Å²) in [5, 5.41) is 2.95. The van der Waals surface area contributed by atoms with Crippen LogP contribution in [0.5, 0.6) is 11.5 Å². The van der Waals surface area contributed by atoms with Crippen LogP contribution >= 0.6 is 0 Å². The van der Waals surface area contributed by atoms with Gasteiger partial charge in [-0.3, -0.25) is 9.78 Å². The van der Waals surface area contributed by atoms with Crippen LogP contribution in [-0.4, -0.2) is 42.5 Å². The van der Waals surface area contributed by atoms with Crippen LogP contribution in [0.2, 0.25) is 0 Å². The van der Waals surface area contributed by atoms with Crippen molar-refractivity contribution in [3.05, 3.63) is 42.7 Å². The molecular formula is C22H25N3O5S. The lowest BCUT2D eigenvalue weighted by Crippen LogP contribution is -2.41. The third-order valence-electron chi connectivity index (χ3n) is 6.27. The minimum Gasteiger partial charge on any atom is -0.448 e. The minimum atomic E-state index is -3.58. The summed E-state index contributed by atoms with van der Waals surface area (Å²) < 4.78 is 39.0. The standard InChI is InChI=1S/C22H25N3O5S/c26-21(16-7-12-25(13-8-16)31(27,28)18-4-3-11-23-15-18)24-17-5-6-19-20(14-17)30-22(29-19)9-1-2-10-22/h3-6,11,14-16H,1-2,7-10,12-13H2,(H,24,26). The fraction of sp³-hybridized carbons (Fsp3) is 0.455. The second-order valence-corrected chi connectivity index (χ2v) is 10.3. The van der Waals surface area contributed by atoms with Crippen LogP contribution in [0, 0.1) is 5.92 Å². The van der Waals surface area contributed by atoms with E-state index in [1.54, 1.807) is 12.3 Å². The summed E-state index contributed by atoms with van der Waals surface area (Å²) in [5.41, 5.74) is 0.660. The molecule has 1 aromatic carbocycles. The number of carbonyl (C=O) groups excluding carboxylic acids is 1. The summed E-state index contributed by atoms with van der Waals surface area (Å²) in [5.74, 6) is 0.503. The number of ether oxygens (including phenoxy) is 2. The van der Waals surface area contributed by atoms with Gasteiger partial charge in [0, 0.05) is 56.0 Å². The Bertz CT molecular complexity index is 1080. The number of sulfonamides is 1. The third-order valence-corrected chi connectivity index (χ3v) is 8.15. The summed E-state index contributed by atoms with van der Waals surface area (Å²) in [6.45, 7) is 0.609. The summed E-state index contributed by atoms with van der Waals surface area (Å²) in [6, 6.07) is 8.60. The molecule has 9 heteroatoms. The van der Waals surface area contributed by atoms with Gasteiger partial charge in [0.2, 0.25) is 15.9 Å². The van der Waals surface area contributed by atoms with Crippen molar-refractivity contribution in [3.63, 3.8) is 0 Å². The number of fused-ring (bicyclic) bond motifs is 1. The molecule has 1 spiro atoms. The molecule has 0 unspecified atom stereocenters. The highest BCUT2D eigenvalue weighted by molar-refractivity contribution is 7.89. The highest BCUT2D eigenvalue weighted by atomic mass is 32.2. The molecule has 1 aliphatic carbocycles. The van der Waals surface area contributed by atoms with Gasteiger partial charge >= 0.3 is 0 Å². The SMILES string of the molecule is O=C(Nc1ccc2c(c1)OC1(CCCC1)O2)C1CCN(S(=O)(=O)c2cccnc2)CC1. The zero-order chi connectivity index (χ0) is 21.5. The number of hydrogen-bond donors (Lipinski definition) is 1. The van der Waals surface area contributed by atoms with Crippen molar-refractivity contribution in [1.82, 2.24) is 9.29 Å². The maximum absolute atomic E-state index is 12.8. The van der Waals surface area contributed by atoms with Gasteiger partial charge in [-0.2, -0.15) is 4.31 Å². The first-order valence-corrected chi connectivity index (χ1v) is 12.1. The first-order valence-electron chi connectivity index (χ1n) is 10.7. The number of amides is 1. The highest BCUT2D eigenvalue weighted by Gasteiger charge is 2.44. The Balaban J connectivity index is 1.20. The molecule has 0 atom stereocenters. The van der Waals surface area contributed by atoms with Crippen molar-refractivity contribution in [2.45, 2.75) is 49.2 Å². The quantitative estimate of drug-likeness (QED) is 0.780.